The van der Waals surface area contributed by atoms with Crippen molar-refractivity contribution >= 4 is 22.3 Å². The predicted molar refractivity (Wildman–Crippen MR) is 170 cm³/mol. The van der Waals surface area contributed by atoms with Gasteiger partial charge in [-0.1, -0.05) is 182 Å². The van der Waals surface area contributed by atoms with Gasteiger partial charge in [-0.2, -0.15) is 0 Å². The number of hydrogen-bond donors (Lipinski definition) is 0. The second-order valence-corrected chi connectivity index (χ2v) is 9.70. The van der Waals surface area contributed by atoms with Crippen molar-refractivity contribution in [3.63, 3.8) is 0 Å². The molecule has 40 heavy (non-hydrogen) atoms. The van der Waals surface area contributed by atoms with Crippen molar-refractivity contribution in [1.82, 2.24) is 0 Å². The summed E-state index contributed by atoms with van der Waals surface area (Å²) in [4.78, 5) is 0. The van der Waals surface area contributed by atoms with Crippen LogP contribution in [0.15, 0.2) is 182 Å². The summed E-state index contributed by atoms with van der Waals surface area (Å²) in [5.41, 5.74) is 11.9. The molecule has 190 valence electrons. The summed E-state index contributed by atoms with van der Waals surface area (Å²) in [7, 11) is 0. The van der Waals surface area contributed by atoms with Crippen LogP contribution in [0.5, 0.6) is 0 Å². The van der Waals surface area contributed by atoms with Gasteiger partial charge in [0.15, 0.2) is 0 Å². The molecule has 0 bridgehead atoms. The second-order valence-electron chi connectivity index (χ2n) is 9.70. The lowest BCUT2D eigenvalue weighted by Crippen LogP contribution is -2.02. The molecule has 0 radical (unpaired) electrons. The Kier molecular flexibility index (Phi) is 7.60. The Morgan fingerprint density at radius 3 is 0.575 bits per heavy atom. The molecule has 0 aromatic heterocycles. The molecule has 0 fully saturated rings. The SMILES string of the molecule is c1ccc(C(C(=C(c2ccccc2)c2ccccc2)c2ccccc2)=C(c2ccccc2)c2ccccc2)cc1. The van der Waals surface area contributed by atoms with Gasteiger partial charge in [-0.3, -0.25) is 0 Å². The molecule has 0 heterocycles. The zero-order valence-corrected chi connectivity index (χ0v) is 22.3. The normalized spacial score (nSPS) is 10.5. The van der Waals surface area contributed by atoms with Crippen LogP contribution in [0.25, 0.3) is 22.3 Å². The van der Waals surface area contributed by atoms with Crippen LogP contribution in [0.1, 0.15) is 33.4 Å². The Labute approximate surface area is 237 Å². The molecule has 0 spiro atoms. The summed E-state index contributed by atoms with van der Waals surface area (Å²) < 4.78 is 0. The van der Waals surface area contributed by atoms with Gasteiger partial charge in [0.2, 0.25) is 0 Å². The second kappa shape index (κ2) is 12.1. The summed E-state index contributed by atoms with van der Waals surface area (Å²) in [5, 5.41) is 0. The van der Waals surface area contributed by atoms with Crippen LogP contribution in [0.3, 0.4) is 0 Å². The molecule has 0 atom stereocenters. The fourth-order valence-corrected chi connectivity index (χ4v) is 5.37. The molecule has 0 aliphatic heterocycles. The maximum absolute atomic E-state index is 2.23. The summed E-state index contributed by atoms with van der Waals surface area (Å²) >= 11 is 0. The first-order valence-corrected chi connectivity index (χ1v) is 13.7. The largest absolute Gasteiger partial charge is 0.0622 e. The highest BCUT2D eigenvalue weighted by molar-refractivity contribution is 6.25. The van der Waals surface area contributed by atoms with Gasteiger partial charge in [0.1, 0.15) is 0 Å². The minimum atomic E-state index is 1.17. The third-order valence-corrected chi connectivity index (χ3v) is 7.12. The van der Waals surface area contributed by atoms with Crippen LogP contribution in [-0.4, -0.2) is 0 Å². The van der Waals surface area contributed by atoms with E-state index in [0.717, 1.165) is 0 Å². The minimum absolute atomic E-state index is 1.17. The average Bonchev–Trinajstić information content (AvgIpc) is 3.05. The Bertz CT molecular complexity index is 1500. The zero-order valence-electron chi connectivity index (χ0n) is 22.3. The predicted octanol–water partition coefficient (Wildman–Crippen LogP) is 10.3. The lowest BCUT2D eigenvalue weighted by atomic mass is 9.78. The van der Waals surface area contributed by atoms with Crippen LogP contribution in [0.4, 0.5) is 0 Å². The first-order valence-electron chi connectivity index (χ1n) is 13.7. The topological polar surface area (TPSA) is 0 Å². The standard InChI is InChI=1S/C40H30/c1-7-19-31(20-8-1)37(32-21-9-2-10-22-32)39(35-27-15-5-16-28-35)40(36-29-17-6-18-30-36)38(33-23-11-3-12-24-33)34-25-13-4-14-26-34/h1-30H. The Balaban J connectivity index is 1.86. The molecule has 6 aromatic rings. The van der Waals surface area contributed by atoms with E-state index in [1.54, 1.807) is 0 Å². The molecular weight excluding hydrogens is 480 g/mol. The Morgan fingerprint density at radius 1 is 0.200 bits per heavy atom. The highest BCUT2D eigenvalue weighted by Crippen LogP contribution is 2.46. The molecule has 0 nitrogen and oxygen atoms in total. The molecule has 0 unspecified atom stereocenters. The van der Waals surface area contributed by atoms with Gasteiger partial charge < -0.3 is 0 Å². The summed E-state index contributed by atoms with van der Waals surface area (Å²) in [6.07, 6.45) is 0. The molecule has 0 aliphatic carbocycles. The third kappa shape index (κ3) is 5.34. The maximum Gasteiger partial charge on any atom is -0.00143 e. The lowest BCUT2D eigenvalue weighted by Gasteiger charge is -2.24. The van der Waals surface area contributed by atoms with Gasteiger partial charge in [-0.25, -0.2) is 0 Å². The molecule has 0 amide bonds. The van der Waals surface area contributed by atoms with E-state index in [4.69, 9.17) is 0 Å². The summed E-state index contributed by atoms with van der Waals surface area (Å²) in [6.45, 7) is 0. The number of hydrogen-bond acceptors (Lipinski definition) is 0. The smallest absolute Gasteiger partial charge is 0.00143 e. The van der Waals surface area contributed by atoms with Gasteiger partial charge in [0, 0.05) is 0 Å². The number of rotatable bonds is 7. The van der Waals surface area contributed by atoms with E-state index >= 15 is 0 Å². The van der Waals surface area contributed by atoms with E-state index in [0.29, 0.717) is 0 Å². The van der Waals surface area contributed by atoms with Crippen molar-refractivity contribution in [2.45, 2.75) is 0 Å². The van der Waals surface area contributed by atoms with Crippen molar-refractivity contribution in [2.24, 2.45) is 0 Å². The van der Waals surface area contributed by atoms with Gasteiger partial charge in [0.05, 0.1) is 0 Å². The van der Waals surface area contributed by atoms with E-state index in [2.05, 4.69) is 182 Å². The summed E-state index contributed by atoms with van der Waals surface area (Å²) in [6, 6.07) is 64.8. The quantitative estimate of drug-likeness (QED) is 0.148. The molecule has 0 saturated carbocycles. The third-order valence-electron chi connectivity index (χ3n) is 7.12. The number of allylic oxidation sites excluding steroid dienone is 2. The van der Waals surface area contributed by atoms with Crippen molar-refractivity contribution < 1.29 is 0 Å². The molecule has 6 rings (SSSR count). The van der Waals surface area contributed by atoms with E-state index in [9.17, 15) is 0 Å². The van der Waals surface area contributed by atoms with Gasteiger partial charge in [0.25, 0.3) is 0 Å². The number of benzene rings is 6. The van der Waals surface area contributed by atoms with Crippen LogP contribution >= 0.6 is 0 Å². The van der Waals surface area contributed by atoms with E-state index < -0.39 is 0 Å². The van der Waals surface area contributed by atoms with Gasteiger partial charge in [-0.15, -0.1) is 0 Å². The fourth-order valence-electron chi connectivity index (χ4n) is 5.37. The summed E-state index contributed by atoms with van der Waals surface area (Å²) in [5.74, 6) is 0. The lowest BCUT2D eigenvalue weighted by molar-refractivity contribution is 1.51. The van der Waals surface area contributed by atoms with Crippen molar-refractivity contribution in [3.05, 3.63) is 215 Å². The van der Waals surface area contributed by atoms with Crippen LogP contribution < -0.4 is 0 Å². The highest BCUT2D eigenvalue weighted by Gasteiger charge is 2.23. The first-order chi connectivity index (χ1) is 19.9. The van der Waals surface area contributed by atoms with E-state index in [-0.39, 0.29) is 0 Å². The first kappa shape index (κ1) is 25.1. The van der Waals surface area contributed by atoms with Crippen molar-refractivity contribution in [2.75, 3.05) is 0 Å². The molecule has 0 N–H and O–H groups in total. The molecule has 0 aliphatic rings. The monoisotopic (exact) mass is 510 g/mol. The zero-order chi connectivity index (χ0) is 27.0. The highest BCUT2D eigenvalue weighted by atomic mass is 14.3. The molecule has 6 aromatic carbocycles. The van der Waals surface area contributed by atoms with Crippen molar-refractivity contribution in [1.29, 1.82) is 0 Å². The van der Waals surface area contributed by atoms with Gasteiger partial charge in [-0.05, 0) is 55.7 Å². The fraction of sp³-hybridized carbons (Fsp3) is 0. The molecule has 0 saturated heterocycles. The van der Waals surface area contributed by atoms with Crippen molar-refractivity contribution in [3.8, 4) is 0 Å². The molecule has 0 heteroatoms. The Morgan fingerprint density at radius 2 is 0.375 bits per heavy atom. The minimum Gasteiger partial charge on any atom is -0.0622 e. The van der Waals surface area contributed by atoms with E-state index in [1.807, 2.05) is 0 Å². The molecular formula is C40H30. The van der Waals surface area contributed by atoms with Crippen LogP contribution in [-0.2, 0) is 0 Å². The Hall–Kier alpha value is -5.20. The van der Waals surface area contributed by atoms with E-state index in [1.165, 1.54) is 55.7 Å². The average molecular weight is 511 g/mol. The maximum atomic E-state index is 2.23. The van der Waals surface area contributed by atoms with Crippen LogP contribution in [0.2, 0.25) is 0 Å². The van der Waals surface area contributed by atoms with Crippen LogP contribution in [0, 0.1) is 0 Å². The van der Waals surface area contributed by atoms with Gasteiger partial charge >= 0.3 is 0 Å².